The molecule has 1 N–H and O–H groups in total. The first kappa shape index (κ1) is 23.6. The molecule has 2 rings (SSSR count). The highest BCUT2D eigenvalue weighted by Gasteiger charge is 2.27. The van der Waals surface area contributed by atoms with Crippen LogP contribution in [0.3, 0.4) is 0 Å². The third-order valence-electron chi connectivity index (χ3n) is 4.15. The predicted octanol–water partition coefficient (Wildman–Crippen LogP) is 3.64. The van der Waals surface area contributed by atoms with Crippen LogP contribution in [0.5, 0.6) is 0 Å². The minimum atomic E-state index is -3.92. The van der Waals surface area contributed by atoms with Crippen LogP contribution in [0.4, 0.5) is 0 Å². The average molecular weight is 459 g/mol. The summed E-state index contributed by atoms with van der Waals surface area (Å²) in [6.45, 7) is 3.60. The van der Waals surface area contributed by atoms with Crippen LogP contribution in [0.1, 0.15) is 18.1 Å². The van der Waals surface area contributed by atoms with Gasteiger partial charge in [0.25, 0.3) is 0 Å². The molecule has 6 nitrogen and oxygen atoms in total. The molecule has 0 aliphatic rings. The Hall–Kier alpha value is -1.64. The monoisotopic (exact) mass is 458 g/mol. The van der Waals surface area contributed by atoms with Gasteiger partial charge in [-0.3, -0.25) is 4.79 Å². The van der Waals surface area contributed by atoms with Crippen molar-refractivity contribution in [1.29, 1.82) is 0 Å². The third kappa shape index (κ3) is 6.69. The van der Waals surface area contributed by atoms with Crippen molar-refractivity contribution in [2.75, 3.05) is 20.3 Å². The lowest BCUT2D eigenvalue weighted by Gasteiger charge is -2.23. The van der Waals surface area contributed by atoms with Crippen LogP contribution in [0.2, 0.25) is 10.0 Å². The number of aryl methyl sites for hydroxylation is 1. The number of nitrogens with zero attached hydrogens (tertiary/aromatic N) is 1. The van der Waals surface area contributed by atoms with Crippen molar-refractivity contribution in [1.82, 2.24) is 9.62 Å². The molecule has 0 aromatic heterocycles. The molecular formula is C20H24Cl2N2O4S. The number of rotatable bonds is 9. The van der Waals surface area contributed by atoms with E-state index in [9.17, 15) is 13.2 Å². The first-order valence-corrected chi connectivity index (χ1v) is 11.1. The van der Waals surface area contributed by atoms with E-state index in [0.717, 1.165) is 9.87 Å². The number of hydrogen-bond donors (Lipinski definition) is 1. The Labute approximate surface area is 181 Å². The molecular weight excluding hydrogens is 435 g/mol. The number of carbonyl (C=O) groups excluding carboxylic acids is 1. The Morgan fingerprint density at radius 3 is 2.38 bits per heavy atom. The quantitative estimate of drug-likeness (QED) is 0.621. The SMILES string of the molecule is COC[C@H](C)NC(=O)CN(Cc1ccc(Cl)c(Cl)c1)S(=O)(=O)c1ccc(C)cc1. The molecule has 0 aliphatic heterocycles. The van der Waals surface area contributed by atoms with Crippen LogP contribution in [0.15, 0.2) is 47.4 Å². The zero-order valence-electron chi connectivity index (χ0n) is 16.5. The van der Waals surface area contributed by atoms with Crippen molar-refractivity contribution in [3.8, 4) is 0 Å². The molecule has 1 atom stereocenters. The molecule has 0 fully saturated rings. The van der Waals surface area contributed by atoms with E-state index in [1.807, 2.05) is 6.92 Å². The van der Waals surface area contributed by atoms with E-state index in [2.05, 4.69) is 5.32 Å². The summed E-state index contributed by atoms with van der Waals surface area (Å²) in [5, 5.41) is 3.42. The Morgan fingerprint density at radius 1 is 1.14 bits per heavy atom. The van der Waals surface area contributed by atoms with Gasteiger partial charge in [-0.05, 0) is 43.7 Å². The van der Waals surface area contributed by atoms with E-state index in [-0.39, 0.29) is 24.0 Å². The van der Waals surface area contributed by atoms with Gasteiger partial charge in [0.15, 0.2) is 0 Å². The summed E-state index contributed by atoms with van der Waals surface area (Å²) in [5.74, 6) is -0.426. The first-order valence-electron chi connectivity index (χ1n) is 8.92. The topological polar surface area (TPSA) is 75.7 Å². The summed E-state index contributed by atoms with van der Waals surface area (Å²) < 4.78 is 32.5. The van der Waals surface area contributed by atoms with Crippen molar-refractivity contribution in [2.24, 2.45) is 0 Å². The van der Waals surface area contributed by atoms with Gasteiger partial charge in [0.1, 0.15) is 0 Å². The van der Waals surface area contributed by atoms with E-state index >= 15 is 0 Å². The molecule has 0 saturated heterocycles. The van der Waals surface area contributed by atoms with E-state index < -0.39 is 15.9 Å². The smallest absolute Gasteiger partial charge is 0.243 e. The van der Waals surface area contributed by atoms with E-state index in [0.29, 0.717) is 22.2 Å². The number of hydrogen-bond acceptors (Lipinski definition) is 4. The molecule has 0 spiro atoms. The van der Waals surface area contributed by atoms with Crippen molar-refractivity contribution < 1.29 is 17.9 Å². The summed E-state index contributed by atoms with van der Waals surface area (Å²) in [4.78, 5) is 12.6. The van der Waals surface area contributed by atoms with Gasteiger partial charge >= 0.3 is 0 Å². The number of amides is 1. The minimum Gasteiger partial charge on any atom is -0.383 e. The standard InChI is InChI=1S/C20H24Cl2N2O4S/c1-14-4-7-17(8-5-14)29(26,27)24(12-20(25)23-15(2)13-28-3)11-16-6-9-18(21)19(22)10-16/h4-10,15H,11-13H2,1-3H3,(H,23,25)/t15-/m0/s1. The van der Waals surface area contributed by atoms with Crippen LogP contribution in [-0.4, -0.2) is 44.9 Å². The number of benzene rings is 2. The highest BCUT2D eigenvalue weighted by Crippen LogP contribution is 2.25. The van der Waals surface area contributed by atoms with Gasteiger partial charge < -0.3 is 10.1 Å². The zero-order valence-corrected chi connectivity index (χ0v) is 18.8. The molecule has 0 radical (unpaired) electrons. The second kappa shape index (κ2) is 10.4. The molecule has 2 aromatic carbocycles. The van der Waals surface area contributed by atoms with Crippen molar-refractivity contribution in [2.45, 2.75) is 31.3 Å². The molecule has 0 unspecified atom stereocenters. The van der Waals surface area contributed by atoms with Crippen LogP contribution in [0.25, 0.3) is 0 Å². The zero-order chi connectivity index (χ0) is 21.6. The number of halogens is 2. The van der Waals surface area contributed by atoms with Crippen LogP contribution >= 0.6 is 23.2 Å². The summed E-state index contributed by atoms with van der Waals surface area (Å²) in [6, 6.07) is 11.1. The Balaban J connectivity index is 2.32. The van der Waals surface area contributed by atoms with Crippen molar-refractivity contribution in [3.05, 3.63) is 63.6 Å². The van der Waals surface area contributed by atoms with Gasteiger partial charge in [0.2, 0.25) is 15.9 Å². The van der Waals surface area contributed by atoms with Gasteiger partial charge in [-0.1, -0.05) is 47.0 Å². The second-order valence-corrected chi connectivity index (χ2v) is 9.51. The normalized spacial score (nSPS) is 12.8. The predicted molar refractivity (Wildman–Crippen MR) is 115 cm³/mol. The summed E-state index contributed by atoms with van der Waals surface area (Å²) >= 11 is 12.0. The number of sulfonamides is 1. The van der Waals surface area contributed by atoms with Crippen molar-refractivity contribution in [3.63, 3.8) is 0 Å². The van der Waals surface area contributed by atoms with Gasteiger partial charge in [-0.15, -0.1) is 0 Å². The van der Waals surface area contributed by atoms with Gasteiger partial charge in [-0.2, -0.15) is 4.31 Å². The molecule has 158 valence electrons. The number of nitrogens with one attached hydrogen (secondary N) is 1. The highest BCUT2D eigenvalue weighted by molar-refractivity contribution is 7.89. The summed E-state index contributed by atoms with van der Waals surface area (Å²) in [5.41, 5.74) is 1.55. The molecule has 0 heterocycles. The van der Waals surface area contributed by atoms with Crippen LogP contribution in [-0.2, 0) is 26.1 Å². The molecule has 1 amide bonds. The molecule has 0 aliphatic carbocycles. The summed E-state index contributed by atoms with van der Waals surface area (Å²) in [7, 11) is -2.39. The van der Waals surface area contributed by atoms with Gasteiger partial charge in [0, 0.05) is 19.7 Å². The maximum absolute atomic E-state index is 13.2. The average Bonchev–Trinajstić information content (AvgIpc) is 2.64. The molecule has 29 heavy (non-hydrogen) atoms. The Kier molecular flexibility index (Phi) is 8.48. The lowest BCUT2D eigenvalue weighted by molar-refractivity contribution is -0.122. The number of carbonyl (C=O) groups is 1. The van der Waals surface area contributed by atoms with Gasteiger partial charge in [-0.25, -0.2) is 8.42 Å². The van der Waals surface area contributed by atoms with Crippen molar-refractivity contribution >= 4 is 39.1 Å². The molecule has 0 bridgehead atoms. The maximum Gasteiger partial charge on any atom is 0.243 e. The van der Waals surface area contributed by atoms with E-state index in [1.54, 1.807) is 37.3 Å². The lowest BCUT2D eigenvalue weighted by Crippen LogP contribution is -2.44. The van der Waals surface area contributed by atoms with Crippen LogP contribution < -0.4 is 5.32 Å². The third-order valence-corrected chi connectivity index (χ3v) is 6.69. The lowest BCUT2D eigenvalue weighted by atomic mass is 10.2. The minimum absolute atomic E-state index is 0.0286. The number of methoxy groups -OCH3 is 1. The van der Waals surface area contributed by atoms with Gasteiger partial charge in [0.05, 0.1) is 28.1 Å². The Morgan fingerprint density at radius 2 is 1.79 bits per heavy atom. The molecule has 0 saturated carbocycles. The van der Waals surface area contributed by atoms with E-state index in [4.69, 9.17) is 27.9 Å². The first-order chi connectivity index (χ1) is 13.6. The summed E-state index contributed by atoms with van der Waals surface area (Å²) in [6.07, 6.45) is 0. The largest absolute Gasteiger partial charge is 0.383 e. The fraction of sp³-hybridized carbons (Fsp3) is 0.350. The highest BCUT2D eigenvalue weighted by atomic mass is 35.5. The second-order valence-electron chi connectivity index (χ2n) is 6.76. The van der Waals surface area contributed by atoms with Crippen LogP contribution in [0, 0.1) is 6.92 Å². The van der Waals surface area contributed by atoms with E-state index in [1.165, 1.54) is 19.2 Å². The Bertz CT molecular complexity index is 949. The molecule has 2 aromatic rings. The fourth-order valence-electron chi connectivity index (χ4n) is 2.70. The molecule has 9 heteroatoms. The number of ether oxygens (including phenoxy) is 1. The maximum atomic E-state index is 13.2. The fourth-order valence-corrected chi connectivity index (χ4v) is 4.40.